The third-order valence-electron chi connectivity index (χ3n) is 3.46. The fraction of sp³-hybridized carbons (Fsp3) is 0.750. The van der Waals surface area contributed by atoms with Crippen LogP contribution in [-0.2, 0) is 17.1 Å². The van der Waals surface area contributed by atoms with E-state index in [0.29, 0.717) is 12.6 Å². The Kier molecular flexibility index (Phi) is 4.59. The molecule has 0 spiro atoms. The van der Waals surface area contributed by atoms with Crippen LogP contribution in [0.1, 0.15) is 30.9 Å². The lowest BCUT2D eigenvalue weighted by Crippen LogP contribution is -2.29. The highest BCUT2D eigenvalue weighted by Crippen LogP contribution is 2.31. The quantitative estimate of drug-likeness (QED) is 0.773. The van der Waals surface area contributed by atoms with Gasteiger partial charge in [-0.25, -0.2) is 13.1 Å². The summed E-state index contributed by atoms with van der Waals surface area (Å²) in [6.07, 6.45) is 8.38. The predicted molar refractivity (Wildman–Crippen MR) is 74.2 cm³/mol. The maximum Gasteiger partial charge on any atom is 0.208 e. The molecule has 0 unspecified atom stereocenters. The highest BCUT2D eigenvalue weighted by molar-refractivity contribution is 7.88. The maximum absolute atomic E-state index is 11.0. The molecule has 2 heterocycles. The molecular weight excluding hydrogens is 264 g/mol. The van der Waals surface area contributed by atoms with Crippen molar-refractivity contribution in [1.29, 1.82) is 0 Å². The molecule has 1 saturated heterocycles. The first-order valence-corrected chi connectivity index (χ1v) is 8.52. The highest BCUT2D eigenvalue weighted by atomic mass is 32.2. The third kappa shape index (κ3) is 4.29. The van der Waals surface area contributed by atoms with Crippen LogP contribution in [0.4, 0.5) is 0 Å². The van der Waals surface area contributed by atoms with Crippen molar-refractivity contribution in [1.82, 2.24) is 19.4 Å². The lowest BCUT2D eigenvalue weighted by Gasteiger charge is -2.23. The Morgan fingerprint density at radius 1 is 1.53 bits per heavy atom. The van der Waals surface area contributed by atoms with Crippen LogP contribution in [0.15, 0.2) is 12.4 Å². The van der Waals surface area contributed by atoms with Gasteiger partial charge < -0.3 is 0 Å². The van der Waals surface area contributed by atoms with Crippen LogP contribution in [0.2, 0.25) is 0 Å². The van der Waals surface area contributed by atoms with Crippen molar-refractivity contribution in [3.8, 4) is 0 Å². The molecule has 108 valence electrons. The van der Waals surface area contributed by atoms with Gasteiger partial charge in [0.15, 0.2) is 0 Å². The van der Waals surface area contributed by atoms with Crippen LogP contribution >= 0.6 is 0 Å². The molecule has 19 heavy (non-hydrogen) atoms. The van der Waals surface area contributed by atoms with Crippen molar-refractivity contribution in [2.75, 3.05) is 25.9 Å². The number of nitrogens with one attached hydrogen (secondary N) is 1. The number of aromatic nitrogens is 2. The summed E-state index contributed by atoms with van der Waals surface area (Å²) in [7, 11) is -1.13. The second kappa shape index (κ2) is 6.02. The van der Waals surface area contributed by atoms with E-state index in [-0.39, 0.29) is 0 Å². The van der Waals surface area contributed by atoms with Crippen molar-refractivity contribution < 1.29 is 8.42 Å². The molecule has 1 aliphatic heterocycles. The number of rotatable bonds is 6. The molecule has 2 rings (SSSR count). The molecule has 6 nitrogen and oxygen atoms in total. The topological polar surface area (TPSA) is 67.2 Å². The van der Waals surface area contributed by atoms with E-state index in [1.54, 1.807) is 0 Å². The van der Waals surface area contributed by atoms with Gasteiger partial charge >= 0.3 is 0 Å². The van der Waals surface area contributed by atoms with E-state index in [9.17, 15) is 8.42 Å². The maximum atomic E-state index is 11.0. The summed E-state index contributed by atoms with van der Waals surface area (Å²) in [6.45, 7) is 2.51. The van der Waals surface area contributed by atoms with Crippen LogP contribution in [0, 0.1) is 0 Å². The number of hydrogen-bond acceptors (Lipinski definition) is 4. The van der Waals surface area contributed by atoms with E-state index in [0.717, 1.165) is 25.9 Å². The summed E-state index contributed by atoms with van der Waals surface area (Å²) < 4.78 is 26.3. The Balaban J connectivity index is 1.83. The van der Waals surface area contributed by atoms with Crippen molar-refractivity contribution in [3.63, 3.8) is 0 Å². The van der Waals surface area contributed by atoms with Gasteiger partial charge in [-0.2, -0.15) is 5.10 Å². The first-order chi connectivity index (χ1) is 8.96. The summed E-state index contributed by atoms with van der Waals surface area (Å²) >= 11 is 0. The number of hydrogen-bond donors (Lipinski definition) is 1. The van der Waals surface area contributed by atoms with Gasteiger partial charge in [-0.05, 0) is 32.4 Å². The summed E-state index contributed by atoms with van der Waals surface area (Å²) in [5, 5.41) is 4.22. The fourth-order valence-electron chi connectivity index (χ4n) is 2.62. The van der Waals surface area contributed by atoms with Crippen molar-refractivity contribution >= 4 is 10.0 Å². The summed E-state index contributed by atoms with van der Waals surface area (Å²) in [5.41, 5.74) is 1.26. The summed E-state index contributed by atoms with van der Waals surface area (Å²) in [4.78, 5) is 2.42. The Hall–Kier alpha value is -0.920. The fourth-order valence-corrected chi connectivity index (χ4v) is 3.14. The Bertz CT molecular complexity index is 512. The average Bonchev–Trinajstić information content (AvgIpc) is 2.91. The predicted octanol–water partition coefficient (Wildman–Crippen LogP) is 0.496. The molecule has 1 aromatic heterocycles. The Morgan fingerprint density at radius 2 is 2.32 bits per heavy atom. The van der Waals surface area contributed by atoms with Crippen LogP contribution < -0.4 is 4.72 Å². The minimum Gasteiger partial charge on any atom is -0.296 e. The first-order valence-electron chi connectivity index (χ1n) is 6.63. The molecule has 1 N–H and O–H groups in total. The number of aryl methyl sites for hydroxylation is 1. The zero-order chi connectivity index (χ0) is 13.9. The standard InChI is InChI=1S/C12H22N4O2S/c1-15-10-11(9-13-15)12-5-3-7-16(12)8-4-6-14-19(2,17)18/h9-10,12,14H,3-8H2,1-2H3/t12-/m1/s1. The lowest BCUT2D eigenvalue weighted by molar-refractivity contribution is 0.254. The SMILES string of the molecule is Cn1cc([C@H]2CCCN2CCCNS(C)(=O)=O)cn1. The average molecular weight is 286 g/mol. The molecule has 0 aromatic carbocycles. The van der Waals surface area contributed by atoms with Gasteiger partial charge in [0.05, 0.1) is 12.5 Å². The molecule has 0 bridgehead atoms. The van der Waals surface area contributed by atoms with Gasteiger partial charge in [0.1, 0.15) is 0 Å². The van der Waals surface area contributed by atoms with Crippen molar-refractivity contribution in [2.24, 2.45) is 7.05 Å². The Morgan fingerprint density at radius 3 is 2.95 bits per heavy atom. The van der Waals surface area contributed by atoms with Crippen LogP contribution in [0.5, 0.6) is 0 Å². The lowest BCUT2D eigenvalue weighted by atomic mass is 10.1. The highest BCUT2D eigenvalue weighted by Gasteiger charge is 2.26. The Labute approximate surface area is 114 Å². The van der Waals surface area contributed by atoms with Gasteiger partial charge in [-0.1, -0.05) is 0 Å². The van der Waals surface area contributed by atoms with E-state index in [1.165, 1.54) is 18.2 Å². The third-order valence-corrected chi connectivity index (χ3v) is 4.19. The van der Waals surface area contributed by atoms with E-state index >= 15 is 0 Å². The van der Waals surface area contributed by atoms with E-state index < -0.39 is 10.0 Å². The van der Waals surface area contributed by atoms with Gasteiger partial charge in [-0.3, -0.25) is 9.58 Å². The van der Waals surface area contributed by atoms with Gasteiger partial charge in [0, 0.05) is 31.4 Å². The molecule has 1 aromatic rings. The van der Waals surface area contributed by atoms with Gasteiger partial charge in [-0.15, -0.1) is 0 Å². The van der Waals surface area contributed by atoms with Crippen molar-refractivity contribution in [3.05, 3.63) is 18.0 Å². The molecule has 0 amide bonds. The zero-order valence-corrected chi connectivity index (χ0v) is 12.4. The van der Waals surface area contributed by atoms with E-state index in [2.05, 4.69) is 20.9 Å². The molecule has 0 radical (unpaired) electrons. The minimum atomic E-state index is -3.06. The summed E-state index contributed by atoms with van der Waals surface area (Å²) in [6, 6.07) is 0.437. The molecular formula is C12H22N4O2S. The molecule has 1 aliphatic rings. The van der Waals surface area contributed by atoms with Crippen molar-refractivity contribution in [2.45, 2.75) is 25.3 Å². The molecule has 1 atom stereocenters. The number of sulfonamides is 1. The zero-order valence-electron chi connectivity index (χ0n) is 11.5. The first kappa shape index (κ1) is 14.5. The monoisotopic (exact) mass is 286 g/mol. The normalized spacial score (nSPS) is 21.1. The molecule has 7 heteroatoms. The minimum absolute atomic E-state index is 0.437. The van der Waals surface area contributed by atoms with Gasteiger partial charge in [0.2, 0.25) is 10.0 Å². The number of likely N-dealkylation sites (tertiary alicyclic amines) is 1. The number of nitrogens with zero attached hydrogens (tertiary/aromatic N) is 3. The largest absolute Gasteiger partial charge is 0.296 e. The second-order valence-electron chi connectivity index (χ2n) is 5.16. The second-order valence-corrected chi connectivity index (χ2v) is 6.99. The van der Waals surface area contributed by atoms with Crippen LogP contribution in [0.25, 0.3) is 0 Å². The van der Waals surface area contributed by atoms with Crippen LogP contribution in [-0.4, -0.2) is 49.0 Å². The summed E-state index contributed by atoms with van der Waals surface area (Å²) in [5.74, 6) is 0. The van der Waals surface area contributed by atoms with Gasteiger partial charge in [0.25, 0.3) is 0 Å². The molecule has 1 fully saturated rings. The smallest absolute Gasteiger partial charge is 0.208 e. The molecule has 0 aliphatic carbocycles. The van der Waals surface area contributed by atoms with Crippen LogP contribution in [0.3, 0.4) is 0 Å². The van der Waals surface area contributed by atoms with E-state index in [1.807, 2.05) is 17.9 Å². The van der Waals surface area contributed by atoms with E-state index in [4.69, 9.17) is 0 Å². The molecule has 0 saturated carbocycles.